The largest absolute Gasteiger partial charge is 0.487 e. The van der Waals surface area contributed by atoms with Gasteiger partial charge in [0.25, 0.3) is 0 Å². The molecule has 0 aliphatic heterocycles. The van der Waals surface area contributed by atoms with E-state index in [0.717, 1.165) is 16.5 Å². The van der Waals surface area contributed by atoms with Gasteiger partial charge < -0.3 is 4.74 Å². The van der Waals surface area contributed by atoms with Gasteiger partial charge in [0.2, 0.25) is 0 Å². The predicted molar refractivity (Wildman–Crippen MR) is 77.9 cm³/mol. The highest BCUT2D eigenvalue weighted by atomic mass is 35.5. The molecular formula is C15H12ClN3O. The minimum atomic E-state index is 0.320. The molecule has 0 spiro atoms. The topological polar surface area (TPSA) is 47.9 Å². The van der Waals surface area contributed by atoms with Gasteiger partial charge in [0.15, 0.2) is 5.15 Å². The molecule has 3 aromatic rings. The summed E-state index contributed by atoms with van der Waals surface area (Å²) >= 11 is 5.76. The Morgan fingerprint density at radius 1 is 1.20 bits per heavy atom. The number of hydrogen-bond donors (Lipinski definition) is 0. The Morgan fingerprint density at radius 3 is 2.95 bits per heavy atom. The maximum atomic E-state index is 5.76. The van der Waals surface area contributed by atoms with Crippen molar-refractivity contribution in [2.24, 2.45) is 0 Å². The molecule has 2 aromatic heterocycles. The van der Waals surface area contributed by atoms with Gasteiger partial charge in [0, 0.05) is 17.6 Å². The minimum absolute atomic E-state index is 0.320. The molecule has 4 nitrogen and oxygen atoms in total. The van der Waals surface area contributed by atoms with E-state index in [9.17, 15) is 0 Å². The zero-order chi connectivity index (χ0) is 13.9. The normalized spacial score (nSPS) is 10.7. The highest BCUT2D eigenvalue weighted by molar-refractivity contribution is 6.29. The van der Waals surface area contributed by atoms with Crippen molar-refractivity contribution in [3.63, 3.8) is 0 Å². The molecule has 100 valence electrons. The van der Waals surface area contributed by atoms with Crippen LogP contribution in [-0.2, 0) is 6.61 Å². The lowest BCUT2D eigenvalue weighted by molar-refractivity contribution is 0.304. The smallest absolute Gasteiger partial charge is 0.155 e. The van der Waals surface area contributed by atoms with Crippen molar-refractivity contribution in [3.05, 3.63) is 59.0 Å². The summed E-state index contributed by atoms with van der Waals surface area (Å²) in [4.78, 5) is 4.34. The molecule has 0 bridgehead atoms. The van der Waals surface area contributed by atoms with E-state index in [2.05, 4.69) is 28.2 Å². The fourth-order valence-corrected chi connectivity index (χ4v) is 2.14. The SMILES string of the molecule is Cc1ccnc2ccc(COc3cnnc(Cl)c3)cc12. The summed E-state index contributed by atoms with van der Waals surface area (Å²) in [5, 5.41) is 8.88. The third-order valence-electron chi connectivity index (χ3n) is 3.03. The van der Waals surface area contributed by atoms with Gasteiger partial charge in [-0.15, -0.1) is 5.10 Å². The van der Waals surface area contributed by atoms with Crippen LogP contribution in [0.1, 0.15) is 11.1 Å². The van der Waals surface area contributed by atoms with Crippen molar-refractivity contribution in [2.75, 3.05) is 0 Å². The number of ether oxygens (including phenoxy) is 1. The van der Waals surface area contributed by atoms with E-state index >= 15 is 0 Å². The molecule has 2 heterocycles. The quantitative estimate of drug-likeness (QED) is 0.738. The Bertz CT molecular complexity index is 761. The van der Waals surface area contributed by atoms with Gasteiger partial charge in [-0.25, -0.2) is 0 Å². The van der Waals surface area contributed by atoms with Crippen LogP contribution in [0, 0.1) is 6.92 Å². The molecule has 0 aliphatic carbocycles. The van der Waals surface area contributed by atoms with Crippen LogP contribution in [0.15, 0.2) is 42.7 Å². The lowest BCUT2D eigenvalue weighted by Crippen LogP contribution is -1.97. The summed E-state index contributed by atoms with van der Waals surface area (Å²) < 4.78 is 5.65. The zero-order valence-corrected chi connectivity index (χ0v) is 11.6. The van der Waals surface area contributed by atoms with Crippen molar-refractivity contribution in [1.82, 2.24) is 15.2 Å². The molecule has 0 aliphatic rings. The van der Waals surface area contributed by atoms with E-state index in [1.165, 1.54) is 5.56 Å². The van der Waals surface area contributed by atoms with E-state index < -0.39 is 0 Å². The number of hydrogen-bond acceptors (Lipinski definition) is 4. The van der Waals surface area contributed by atoms with Crippen LogP contribution in [-0.4, -0.2) is 15.2 Å². The number of benzene rings is 1. The first-order valence-corrected chi connectivity index (χ1v) is 6.55. The van der Waals surface area contributed by atoms with Crippen molar-refractivity contribution in [3.8, 4) is 5.75 Å². The van der Waals surface area contributed by atoms with Gasteiger partial charge in [0.05, 0.1) is 11.7 Å². The molecule has 0 unspecified atom stereocenters. The summed E-state index contributed by atoms with van der Waals surface area (Å²) in [6.45, 7) is 2.52. The second kappa shape index (κ2) is 5.43. The number of fused-ring (bicyclic) bond motifs is 1. The highest BCUT2D eigenvalue weighted by Crippen LogP contribution is 2.19. The third kappa shape index (κ3) is 2.70. The van der Waals surface area contributed by atoms with E-state index in [4.69, 9.17) is 16.3 Å². The molecule has 0 N–H and O–H groups in total. The van der Waals surface area contributed by atoms with Crippen LogP contribution in [0.4, 0.5) is 0 Å². The number of rotatable bonds is 3. The van der Waals surface area contributed by atoms with Crippen LogP contribution < -0.4 is 4.74 Å². The van der Waals surface area contributed by atoms with Crippen molar-refractivity contribution < 1.29 is 4.74 Å². The monoisotopic (exact) mass is 285 g/mol. The molecule has 0 saturated heterocycles. The fraction of sp³-hybridized carbons (Fsp3) is 0.133. The molecule has 20 heavy (non-hydrogen) atoms. The Kier molecular flexibility index (Phi) is 3.48. The minimum Gasteiger partial charge on any atom is -0.487 e. The fourth-order valence-electron chi connectivity index (χ4n) is 1.99. The molecule has 0 saturated carbocycles. The van der Waals surface area contributed by atoms with Crippen molar-refractivity contribution in [2.45, 2.75) is 13.5 Å². The molecular weight excluding hydrogens is 274 g/mol. The first-order chi connectivity index (χ1) is 9.72. The Balaban J connectivity index is 1.83. The van der Waals surface area contributed by atoms with Gasteiger partial charge in [-0.05, 0) is 36.2 Å². The summed E-state index contributed by atoms with van der Waals surface area (Å²) in [6, 6.07) is 9.74. The van der Waals surface area contributed by atoms with Crippen molar-refractivity contribution in [1.29, 1.82) is 0 Å². The van der Waals surface area contributed by atoms with E-state index in [1.807, 2.05) is 24.4 Å². The summed E-state index contributed by atoms with van der Waals surface area (Å²) in [7, 11) is 0. The number of aromatic nitrogens is 3. The second-order valence-corrected chi connectivity index (χ2v) is 4.87. The first kappa shape index (κ1) is 12.8. The van der Waals surface area contributed by atoms with Crippen LogP contribution in [0.3, 0.4) is 0 Å². The third-order valence-corrected chi connectivity index (χ3v) is 3.21. The van der Waals surface area contributed by atoms with Gasteiger partial charge in [-0.3, -0.25) is 4.98 Å². The standard InChI is InChI=1S/C15H12ClN3O/c1-10-4-5-17-14-3-2-11(6-13(10)14)9-20-12-7-15(16)19-18-8-12/h2-8H,9H2,1H3. The van der Waals surface area contributed by atoms with E-state index in [1.54, 1.807) is 12.3 Å². The van der Waals surface area contributed by atoms with E-state index in [-0.39, 0.29) is 0 Å². The molecule has 0 amide bonds. The average Bonchev–Trinajstić information content (AvgIpc) is 2.46. The average molecular weight is 286 g/mol. The second-order valence-electron chi connectivity index (χ2n) is 4.48. The van der Waals surface area contributed by atoms with Crippen LogP contribution in [0.2, 0.25) is 5.15 Å². The zero-order valence-electron chi connectivity index (χ0n) is 10.9. The number of aryl methyl sites for hydroxylation is 1. The lowest BCUT2D eigenvalue weighted by atomic mass is 10.1. The first-order valence-electron chi connectivity index (χ1n) is 6.18. The number of halogens is 1. The van der Waals surface area contributed by atoms with Crippen LogP contribution >= 0.6 is 11.6 Å². The summed E-state index contributed by atoms with van der Waals surface area (Å²) in [6.07, 6.45) is 3.36. The maximum Gasteiger partial charge on any atom is 0.155 e. The Labute approximate surface area is 121 Å². The Morgan fingerprint density at radius 2 is 2.10 bits per heavy atom. The van der Waals surface area contributed by atoms with Gasteiger partial charge in [0.1, 0.15) is 12.4 Å². The van der Waals surface area contributed by atoms with Crippen molar-refractivity contribution >= 4 is 22.5 Å². The molecule has 3 rings (SSSR count). The predicted octanol–water partition coefficient (Wildman–Crippen LogP) is 3.57. The Hall–Kier alpha value is -2.20. The summed E-state index contributed by atoms with van der Waals surface area (Å²) in [5.74, 6) is 0.605. The summed E-state index contributed by atoms with van der Waals surface area (Å²) in [5.41, 5.74) is 3.26. The highest BCUT2D eigenvalue weighted by Gasteiger charge is 2.02. The van der Waals surface area contributed by atoms with Gasteiger partial charge in [-0.2, -0.15) is 5.10 Å². The molecule has 0 fully saturated rings. The molecule has 5 heteroatoms. The number of nitrogens with zero attached hydrogens (tertiary/aromatic N) is 3. The molecule has 0 atom stereocenters. The van der Waals surface area contributed by atoms with Crippen LogP contribution in [0.25, 0.3) is 10.9 Å². The van der Waals surface area contributed by atoms with Crippen LogP contribution in [0.5, 0.6) is 5.75 Å². The number of pyridine rings is 1. The molecule has 1 aromatic carbocycles. The van der Waals surface area contributed by atoms with E-state index in [0.29, 0.717) is 17.5 Å². The lowest BCUT2D eigenvalue weighted by Gasteiger charge is -2.07. The maximum absolute atomic E-state index is 5.76. The molecule has 0 radical (unpaired) electrons. The van der Waals surface area contributed by atoms with Gasteiger partial charge >= 0.3 is 0 Å². The van der Waals surface area contributed by atoms with Gasteiger partial charge in [-0.1, -0.05) is 17.7 Å².